The van der Waals surface area contributed by atoms with E-state index in [2.05, 4.69) is 130 Å². The van der Waals surface area contributed by atoms with Gasteiger partial charge in [-0.1, -0.05) is 72.8 Å². The summed E-state index contributed by atoms with van der Waals surface area (Å²) < 4.78 is 4.11. The average molecular weight is 549 g/mol. The van der Waals surface area contributed by atoms with Crippen LogP contribution in [0.25, 0.3) is 44.3 Å². The molecule has 0 amide bonds. The fourth-order valence-corrected chi connectivity index (χ4v) is 5.88. The smallest absolute Gasteiger partial charge is 0.0972 e. The highest BCUT2D eigenvalue weighted by atomic mass is 15.3. The molecule has 0 atom stereocenters. The zero-order chi connectivity index (χ0) is 28.8. The Balaban J connectivity index is 1.33. The molecule has 0 aliphatic heterocycles. The minimum atomic E-state index is 0.694. The molecule has 0 unspecified atom stereocenters. The summed E-state index contributed by atoms with van der Waals surface area (Å²) in [5.74, 6) is 0. The Hall–Kier alpha value is -5.10. The predicted octanol–water partition coefficient (Wildman–Crippen LogP) is 7.84. The molecule has 6 nitrogen and oxygen atoms in total. The Kier molecular flexibility index (Phi) is 6.39. The molecule has 4 heterocycles. The van der Waals surface area contributed by atoms with E-state index in [1.807, 2.05) is 13.8 Å². The first-order valence-corrected chi connectivity index (χ1v) is 14.3. The maximum atomic E-state index is 5.24. The molecule has 0 aliphatic carbocycles. The zero-order valence-electron chi connectivity index (χ0n) is 24.3. The Labute approximate surface area is 245 Å². The third-order valence-electron chi connectivity index (χ3n) is 7.95. The van der Waals surface area contributed by atoms with Crippen molar-refractivity contribution in [3.63, 3.8) is 0 Å². The molecule has 206 valence electrons. The molecule has 7 rings (SSSR count). The lowest BCUT2D eigenvalue weighted by Gasteiger charge is -2.13. The van der Waals surface area contributed by atoms with Crippen LogP contribution in [0.4, 0.5) is 0 Å². The summed E-state index contributed by atoms with van der Waals surface area (Å²) in [6, 6.07) is 34.0. The van der Waals surface area contributed by atoms with E-state index in [4.69, 9.17) is 9.97 Å². The number of nitrogens with zero attached hydrogens (tertiary/aromatic N) is 6. The summed E-state index contributed by atoms with van der Waals surface area (Å²) in [7, 11) is 0. The van der Waals surface area contributed by atoms with Gasteiger partial charge < -0.3 is 0 Å². The monoisotopic (exact) mass is 548 g/mol. The topological polar surface area (TPSA) is 61.4 Å². The Morgan fingerprint density at radius 3 is 1.31 bits per heavy atom. The highest BCUT2D eigenvalue weighted by Crippen LogP contribution is 2.31. The summed E-state index contributed by atoms with van der Waals surface area (Å²) >= 11 is 0. The average Bonchev–Trinajstić information content (AvgIpc) is 3.49. The lowest BCUT2D eigenvalue weighted by Crippen LogP contribution is -2.06. The molecule has 0 bridgehead atoms. The molecule has 42 heavy (non-hydrogen) atoms. The molecular weight excluding hydrogens is 516 g/mol. The summed E-state index contributed by atoms with van der Waals surface area (Å²) in [6.07, 6.45) is 0. The minimum absolute atomic E-state index is 0.694. The van der Waals surface area contributed by atoms with E-state index in [1.165, 1.54) is 11.1 Å². The highest BCUT2D eigenvalue weighted by Gasteiger charge is 2.14. The van der Waals surface area contributed by atoms with Crippen LogP contribution in [0.15, 0.2) is 97.1 Å². The van der Waals surface area contributed by atoms with Crippen LogP contribution < -0.4 is 0 Å². The van der Waals surface area contributed by atoms with Gasteiger partial charge in [0.25, 0.3) is 0 Å². The van der Waals surface area contributed by atoms with Gasteiger partial charge in [-0.15, -0.1) is 0 Å². The minimum Gasteiger partial charge on any atom is -0.265 e. The molecule has 0 N–H and O–H groups in total. The van der Waals surface area contributed by atoms with Gasteiger partial charge in [-0.3, -0.25) is 9.36 Å². The second-order valence-electron chi connectivity index (χ2n) is 11.1. The second kappa shape index (κ2) is 10.4. The third-order valence-corrected chi connectivity index (χ3v) is 7.95. The number of fused-ring (bicyclic) bond motifs is 3. The van der Waals surface area contributed by atoms with Gasteiger partial charge in [0, 0.05) is 33.3 Å². The third kappa shape index (κ3) is 4.75. The fourth-order valence-electron chi connectivity index (χ4n) is 5.88. The highest BCUT2D eigenvalue weighted by molar-refractivity contribution is 6.04. The van der Waals surface area contributed by atoms with Crippen molar-refractivity contribution in [2.24, 2.45) is 0 Å². The molecule has 0 fully saturated rings. The lowest BCUT2D eigenvalue weighted by atomic mass is 10.0. The van der Waals surface area contributed by atoms with E-state index in [9.17, 15) is 0 Å². The Morgan fingerprint density at radius 2 is 0.905 bits per heavy atom. The zero-order valence-corrected chi connectivity index (χ0v) is 24.3. The lowest BCUT2D eigenvalue weighted by molar-refractivity contribution is 0.660. The van der Waals surface area contributed by atoms with Gasteiger partial charge in [-0.2, -0.15) is 10.2 Å². The molecule has 4 aromatic heterocycles. The summed E-state index contributed by atoms with van der Waals surface area (Å²) in [5, 5.41) is 11.5. The number of pyridine rings is 2. The van der Waals surface area contributed by atoms with Crippen molar-refractivity contribution in [1.82, 2.24) is 29.5 Å². The summed E-state index contributed by atoms with van der Waals surface area (Å²) in [4.78, 5) is 10.5. The number of rotatable bonds is 6. The second-order valence-corrected chi connectivity index (χ2v) is 11.1. The van der Waals surface area contributed by atoms with Crippen LogP contribution in [0, 0.1) is 27.7 Å². The number of aromatic nitrogens is 6. The van der Waals surface area contributed by atoms with Gasteiger partial charge in [-0.05, 0) is 63.1 Å². The molecule has 0 aliphatic rings. The van der Waals surface area contributed by atoms with Crippen molar-refractivity contribution < 1.29 is 0 Å². The van der Waals surface area contributed by atoms with Gasteiger partial charge in [0.15, 0.2) is 0 Å². The van der Waals surface area contributed by atoms with Crippen molar-refractivity contribution in [2.75, 3.05) is 0 Å². The van der Waals surface area contributed by atoms with Crippen LogP contribution in [0.1, 0.15) is 33.9 Å². The van der Waals surface area contributed by atoms with Crippen LogP contribution in [-0.4, -0.2) is 29.5 Å². The molecule has 0 saturated heterocycles. The molecule has 7 aromatic rings. The maximum absolute atomic E-state index is 5.24. The number of benzene rings is 3. The van der Waals surface area contributed by atoms with Crippen LogP contribution in [0.2, 0.25) is 0 Å². The van der Waals surface area contributed by atoms with Crippen LogP contribution in [-0.2, 0) is 13.1 Å². The summed E-state index contributed by atoms with van der Waals surface area (Å²) in [6.45, 7) is 9.65. The van der Waals surface area contributed by atoms with Gasteiger partial charge in [-0.25, -0.2) is 9.97 Å². The van der Waals surface area contributed by atoms with E-state index in [1.54, 1.807) is 0 Å². The largest absolute Gasteiger partial charge is 0.265 e. The van der Waals surface area contributed by atoms with E-state index >= 15 is 0 Å². The Bertz CT molecular complexity index is 1950. The normalized spacial score (nSPS) is 11.5. The van der Waals surface area contributed by atoms with Crippen molar-refractivity contribution >= 4 is 21.8 Å². The van der Waals surface area contributed by atoms with Gasteiger partial charge in [0.2, 0.25) is 0 Å². The van der Waals surface area contributed by atoms with Crippen LogP contribution in [0.3, 0.4) is 0 Å². The maximum Gasteiger partial charge on any atom is 0.0972 e. The van der Waals surface area contributed by atoms with E-state index in [0.717, 1.165) is 67.1 Å². The number of aryl methyl sites for hydroxylation is 4. The van der Waals surface area contributed by atoms with Crippen molar-refractivity contribution in [3.8, 4) is 22.5 Å². The van der Waals surface area contributed by atoms with Crippen LogP contribution in [0.5, 0.6) is 0 Å². The molecule has 6 heteroatoms. The standard InChI is InChI=1S/C36H32N6/c1-23-19-25(3)41(39-23)21-29-9-5-7-11-31(29)33-17-15-27-13-14-28-16-18-34(38-36(28)35(27)37-33)32-12-8-6-10-30(32)22-42-26(4)20-24(2)40-42/h5-20H,21-22H2,1-4H3. The van der Waals surface area contributed by atoms with Gasteiger partial charge in [0.1, 0.15) is 0 Å². The van der Waals surface area contributed by atoms with Crippen LogP contribution >= 0.6 is 0 Å². The SMILES string of the molecule is Cc1cc(C)n(Cc2ccccc2-c2ccc3ccc4ccc(-c5ccccc5Cn5nc(C)cc5C)nc4c3n2)n1. The van der Waals surface area contributed by atoms with Gasteiger partial charge in [0.05, 0.1) is 46.9 Å². The molecule has 0 saturated carbocycles. The van der Waals surface area contributed by atoms with E-state index in [0.29, 0.717) is 13.1 Å². The van der Waals surface area contributed by atoms with Gasteiger partial charge >= 0.3 is 0 Å². The first kappa shape index (κ1) is 25.8. The predicted molar refractivity (Wildman–Crippen MR) is 170 cm³/mol. The van der Waals surface area contributed by atoms with Crippen molar-refractivity contribution in [3.05, 3.63) is 131 Å². The molecule has 3 aromatic carbocycles. The fraction of sp³-hybridized carbons (Fsp3) is 0.167. The van der Waals surface area contributed by atoms with Crippen molar-refractivity contribution in [1.29, 1.82) is 0 Å². The molecule has 0 radical (unpaired) electrons. The van der Waals surface area contributed by atoms with E-state index < -0.39 is 0 Å². The van der Waals surface area contributed by atoms with E-state index in [-0.39, 0.29) is 0 Å². The Morgan fingerprint density at radius 1 is 0.500 bits per heavy atom. The number of hydrogen-bond acceptors (Lipinski definition) is 4. The molecule has 0 spiro atoms. The first-order chi connectivity index (χ1) is 20.4. The summed E-state index contributed by atoms with van der Waals surface area (Å²) in [5.41, 5.74) is 12.6. The first-order valence-electron chi connectivity index (χ1n) is 14.3. The number of hydrogen-bond donors (Lipinski definition) is 0. The molecular formula is C36H32N6. The quantitative estimate of drug-likeness (QED) is 0.199. The van der Waals surface area contributed by atoms with Crippen molar-refractivity contribution in [2.45, 2.75) is 40.8 Å².